The van der Waals surface area contributed by atoms with E-state index in [9.17, 15) is 12.8 Å². The first-order valence-electron chi connectivity index (χ1n) is 5.10. The lowest BCUT2D eigenvalue weighted by atomic mass is 10.3. The molecule has 3 N–H and O–H groups in total. The van der Waals surface area contributed by atoms with Crippen molar-refractivity contribution in [3.05, 3.63) is 39.4 Å². The van der Waals surface area contributed by atoms with E-state index in [1.807, 2.05) is 6.07 Å². The van der Waals surface area contributed by atoms with Crippen LogP contribution in [0, 0.1) is 17.1 Å². The Hall–Kier alpha value is -1.63. The molecular formula is C11H7BrFN3O2S2. The Labute approximate surface area is 127 Å². The van der Waals surface area contributed by atoms with Gasteiger partial charge in [-0.2, -0.15) is 5.26 Å². The van der Waals surface area contributed by atoms with E-state index in [1.165, 1.54) is 6.07 Å². The summed E-state index contributed by atoms with van der Waals surface area (Å²) in [4.78, 5) is -0.200. The van der Waals surface area contributed by atoms with Crippen LogP contribution in [0.4, 0.5) is 15.1 Å². The lowest BCUT2D eigenvalue weighted by molar-refractivity contribution is 0.599. The van der Waals surface area contributed by atoms with E-state index in [4.69, 9.17) is 11.0 Å². The zero-order chi connectivity index (χ0) is 14.9. The maximum Gasteiger partial charge on any atom is 0.263 e. The lowest BCUT2D eigenvalue weighted by Crippen LogP contribution is -2.14. The van der Waals surface area contributed by atoms with Crippen LogP contribution in [0.1, 0.15) is 5.56 Å². The minimum atomic E-state index is -3.97. The number of halogens is 2. The first-order valence-corrected chi connectivity index (χ1v) is 8.25. The van der Waals surface area contributed by atoms with Crippen molar-refractivity contribution >= 4 is 48.0 Å². The van der Waals surface area contributed by atoms with Crippen LogP contribution in [-0.2, 0) is 10.0 Å². The minimum absolute atomic E-state index is 0.0479. The minimum Gasteiger partial charge on any atom is -0.396 e. The monoisotopic (exact) mass is 375 g/mol. The van der Waals surface area contributed by atoms with E-state index in [-0.39, 0.29) is 25.6 Å². The van der Waals surface area contributed by atoms with Crippen molar-refractivity contribution in [2.45, 2.75) is 4.90 Å². The number of nitrogens with zero attached hydrogens (tertiary/aromatic N) is 1. The number of nitrogens with one attached hydrogen (secondary N) is 1. The molecule has 2 aromatic rings. The number of sulfonamides is 1. The first kappa shape index (κ1) is 14.8. The van der Waals surface area contributed by atoms with Crippen LogP contribution in [0.5, 0.6) is 0 Å². The maximum atomic E-state index is 13.2. The molecule has 0 bridgehead atoms. The summed E-state index contributed by atoms with van der Waals surface area (Å²) in [5.41, 5.74) is 5.31. The van der Waals surface area contributed by atoms with Crippen molar-refractivity contribution in [1.82, 2.24) is 0 Å². The topological polar surface area (TPSA) is 96.0 Å². The second-order valence-electron chi connectivity index (χ2n) is 3.68. The van der Waals surface area contributed by atoms with E-state index in [0.29, 0.717) is 0 Å². The summed E-state index contributed by atoms with van der Waals surface area (Å²) in [5, 5.41) is 10.6. The molecule has 104 valence electrons. The Balaban J connectivity index is 2.47. The van der Waals surface area contributed by atoms with Gasteiger partial charge in [0.25, 0.3) is 10.0 Å². The summed E-state index contributed by atoms with van der Waals surface area (Å²) in [6.45, 7) is 0. The summed E-state index contributed by atoms with van der Waals surface area (Å²) in [6.07, 6.45) is 0. The molecule has 0 spiro atoms. The summed E-state index contributed by atoms with van der Waals surface area (Å²) < 4.78 is 40.0. The predicted octanol–water partition coefficient (Wildman–Crippen LogP) is 2.90. The van der Waals surface area contributed by atoms with Gasteiger partial charge in [0.2, 0.25) is 0 Å². The zero-order valence-electron chi connectivity index (χ0n) is 9.72. The lowest BCUT2D eigenvalue weighted by Gasteiger charge is -2.09. The number of nitrogens with two attached hydrogens (primary N) is 1. The van der Waals surface area contributed by atoms with Gasteiger partial charge in [-0.3, -0.25) is 4.72 Å². The van der Waals surface area contributed by atoms with Gasteiger partial charge in [-0.1, -0.05) is 0 Å². The van der Waals surface area contributed by atoms with Crippen LogP contribution in [-0.4, -0.2) is 8.42 Å². The van der Waals surface area contributed by atoms with Crippen LogP contribution in [0.2, 0.25) is 0 Å². The molecule has 5 nitrogen and oxygen atoms in total. The molecule has 0 aliphatic carbocycles. The number of nitriles is 1. The molecule has 1 aromatic heterocycles. The smallest absolute Gasteiger partial charge is 0.263 e. The van der Waals surface area contributed by atoms with Crippen molar-refractivity contribution in [2.24, 2.45) is 0 Å². The van der Waals surface area contributed by atoms with Gasteiger partial charge < -0.3 is 5.73 Å². The molecule has 0 unspecified atom stereocenters. The predicted molar refractivity (Wildman–Crippen MR) is 78.4 cm³/mol. The standard InChI is InChI=1S/C11H7BrFN3O2S2/c12-7-3-8(13)9(15)4-10(7)20(17,18)16-11-6(5-14)1-2-19-11/h1-4,16H,15H2. The van der Waals surface area contributed by atoms with Gasteiger partial charge >= 0.3 is 0 Å². The van der Waals surface area contributed by atoms with Crippen molar-refractivity contribution in [1.29, 1.82) is 5.26 Å². The van der Waals surface area contributed by atoms with Crippen molar-refractivity contribution in [3.63, 3.8) is 0 Å². The molecule has 0 fully saturated rings. The fraction of sp³-hybridized carbons (Fsp3) is 0. The van der Waals surface area contributed by atoms with Crippen molar-refractivity contribution in [2.75, 3.05) is 10.5 Å². The number of hydrogen-bond donors (Lipinski definition) is 2. The van der Waals surface area contributed by atoms with E-state index in [1.54, 1.807) is 5.38 Å². The van der Waals surface area contributed by atoms with Gasteiger partial charge in [0.1, 0.15) is 21.8 Å². The highest BCUT2D eigenvalue weighted by molar-refractivity contribution is 9.10. The molecule has 1 heterocycles. The highest BCUT2D eigenvalue weighted by Crippen LogP contribution is 2.30. The fourth-order valence-electron chi connectivity index (χ4n) is 1.40. The van der Waals surface area contributed by atoms with Crippen LogP contribution < -0.4 is 10.5 Å². The summed E-state index contributed by atoms with van der Waals surface area (Å²) in [5.74, 6) is -0.718. The third-order valence-corrected chi connectivity index (χ3v) is 5.62. The zero-order valence-corrected chi connectivity index (χ0v) is 12.9. The Morgan fingerprint density at radius 2 is 2.15 bits per heavy atom. The summed E-state index contributed by atoms with van der Waals surface area (Å²) >= 11 is 4.06. The molecule has 0 radical (unpaired) electrons. The molecule has 0 aliphatic heterocycles. The Morgan fingerprint density at radius 3 is 2.80 bits per heavy atom. The molecule has 2 rings (SSSR count). The molecule has 20 heavy (non-hydrogen) atoms. The average molecular weight is 376 g/mol. The number of anilines is 2. The number of benzene rings is 1. The Bertz CT molecular complexity index is 812. The molecule has 0 aliphatic rings. The maximum absolute atomic E-state index is 13.2. The quantitative estimate of drug-likeness (QED) is 0.806. The number of nitrogen functional groups attached to an aromatic ring is 1. The second-order valence-corrected chi connectivity index (χ2v) is 7.11. The first-order chi connectivity index (χ1) is 9.35. The van der Waals surface area contributed by atoms with Crippen molar-refractivity contribution < 1.29 is 12.8 Å². The summed E-state index contributed by atoms with van der Waals surface area (Å²) in [6, 6.07) is 5.36. The van der Waals surface area contributed by atoms with Gasteiger partial charge in [0, 0.05) is 4.47 Å². The number of rotatable bonds is 3. The van der Waals surface area contributed by atoms with E-state index >= 15 is 0 Å². The fourth-order valence-corrected chi connectivity index (χ4v) is 4.52. The SMILES string of the molecule is N#Cc1ccsc1NS(=O)(=O)c1cc(N)c(F)cc1Br. The highest BCUT2D eigenvalue weighted by atomic mass is 79.9. The second kappa shape index (κ2) is 5.40. The number of hydrogen-bond acceptors (Lipinski definition) is 5. The Morgan fingerprint density at radius 1 is 1.45 bits per heavy atom. The van der Waals surface area contributed by atoms with Gasteiger partial charge in [-0.15, -0.1) is 11.3 Å². The highest BCUT2D eigenvalue weighted by Gasteiger charge is 2.21. The third kappa shape index (κ3) is 2.77. The molecule has 1 aromatic carbocycles. The average Bonchev–Trinajstić information content (AvgIpc) is 2.80. The van der Waals surface area contributed by atoms with Crippen LogP contribution in [0.3, 0.4) is 0 Å². The summed E-state index contributed by atoms with van der Waals surface area (Å²) in [7, 11) is -3.97. The number of thiophene rings is 1. The Kier molecular flexibility index (Phi) is 3.99. The van der Waals surface area contributed by atoms with Crippen LogP contribution in [0.25, 0.3) is 0 Å². The molecule has 0 atom stereocenters. The van der Waals surface area contributed by atoms with Crippen molar-refractivity contribution in [3.8, 4) is 6.07 Å². The van der Waals surface area contributed by atoms with Gasteiger partial charge in [0.15, 0.2) is 0 Å². The van der Waals surface area contributed by atoms with E-state index in [0.717, 1.165) is 23.5 Å². The molecule has 9 heteroatoms. The third-order valence-electron chi connectivity index (χ3n) is 2.35. The normalized spacial score (nSPS) is 11.1. The van der Waals surface area contributed by atoms with Gasteiger partial charge in [-0.05, 0) is 39.5 Å². The molecular weight excluding hydrogens is 369 g/mol. The molecule has 0 saturated heterocycles. The van der Waals surface area contributed by atoms with Crippen LogP contribution in [0.15, 0.2) is 32.9 Å². The van der Waals surface area contributed by atoms with Gasteiger partial charge in [-0.25, -0.2) is 12.8 Å². The van der Waals surface area contributed by atoms with E-state index < -0.39 is 15.8 Å². The van der Waals surface area contributed by atoms with E-state index in [2.05, 4.69) is 20.7 Å². The molecule has 0 saturated carbocycles. The molecule has 0 amide bonds. The van der Waals surface area contributed by atoms with Gasteiger partial charge in [0.05, 0.1) is 11.3 Å². The van der Waals surface area contributed by atoms with Crippen LogP contribution >= 0.6 is 27.3 Å². The largest absolute Gasteiger partial charge is 0.396 e.